The number of non-ortho nitro benzene ring substituents is 1. The molecule has 1 aliphatic carbocycles. The molecule has 1 saturated carbocycles. The molecule has 0 radical (unpaired) electrons. The fourth-order valence-electron chi connectivity index (χ4n) is 4.35. The zero-order valence-electron chi connectivity index (χ0n) is 14.6. The molecule has 6 heteroatoms. The number of hydrogen-bond acceptors (Lipinski definition) is 5. The van der Waals surface area contributed by atoms with Crippen LogP contribution in [0.15, 0.2) is 24.3 Å². The van der Waals surface area contributed by atoms with Gasteiger partial charge in [0.05, 0.1) is 4.92 Å². The topological polar surface area (TPSA) is 62.5 Å². The number of anilines is 1. The second-order valence-corrected chi connectivity index (χ2v) is 7.17. The average molecular weight is 340 g/mol. The van der Waals surface area contributed by atoms with Crippen LogP contribution in [-0.2, 0) is 0 Å². The molecule has 6 nitrogen and oxygen atoms in total. The number of para-hydroxylation sites is 1. The zero-order chi connectivity index (χ0) is 17.4. The second-order valence-electron chi connectivity index (χ2n) is 7.17. The van der Waals surface area contributed by atoms with Crippen LogP contribution < -0.4 is 4.90 Å². The molecule has 0 amide bonds. The fourth-order valence-corrected chi connectivity index (χ4v) is 4.35. The summed E-state index contributed by atoms with van der Waals surface area (Å²) in [7, 11) is 0. The quantitative estimate of drug-likeness (QED) is 0.632. The third-order valence-electron chi connectivity index (χ3n) is 5.62. The number of aromatic nitrogens is 1. The summed E-state index contributed by atoms with van der Waals surface area (Å²) >= 11 is 0. The summed E-state index contributed by atoms with van der Waals surface area (Å²) in [5.74, 6) is 0. The molecular weight excluding hydrogens is 316 g/mol. The molecule has 1 saturated heterocycles. The summed E-state index contributed by atoms with van der Waals surface area (Å²) in [5, 5.41) is 12.2. The Hall–Kier alpha value is -2.21. The number of pyridine rings is 1. The lowest BCUT2D eigenvalue weighted by Gasteiger charge is -2.39. The van der Waals surface area contributed by atoms with Gasteiger partial charge in [-0.05, 0) is 25.8 Å². The van der Waals surface area contributed by atoms with Crippen LogP contribution in [0.2, 0.25) is 0 Å². The number of nitro benzene ring substituents is 1. The first-order valence-electron chi connectivity index (χ1n) is 9.17. The maximum Gasteiger partial charge on any atom is 0.295 e. The highest BCUT2D eigenvalue weighted by Gasteiger charge is 2.27. The Morgan fingerprint density at radius 3 is 2.56 bits per heavy atom. The van der Waals surface area contributed by atoms with E-state index in [1.54, 1.807) is 6.07 Å². The first-order chi connectivity index (χ1) is 12.1. The molecule has 0 atom stereocenters. The van der Waals surface area contributed by atoms with Crippen LogP contribution in [0.25, 0.3) is 10.9 Å². The number of hydrogen-bond donors (Lipinski definition) is 0. The number of nitrogens with zero attached hydrogens (tertiary/aromatic N) is 4. The Morgan fingerprint density at radius 1 is 1.16 bits per heavy atom. The second kappa shape index (κ2) is 6.59. The van der Waals surface area contributed by atoms with E-state index in [0.717, 1.165) is 49.0 Å². The molecule has 0 spiro atoms. The standard InChI is InChI=1S/C19H24N4O2/c1-14-13-18(16-7-4-8-17(23(24)25)19(16)20-14)22-11-9-21(10-12-22)15-5-2-3-6-15/h4,7-8,13,15H,2-3,5-6,9-12H2,1H3. The molecule has 0 bridgehead atoms. The molecule has 0 unspecified atom stereocenters. The lowest BCUT2D eigenvalue weighted by atomic mass is 10.1. The van der Waals surface area contributed by atoms with Gasteiger partial charge in [-0.3, -0.25) is 15.0 Å². The van der Waals surface area contributed by atoms with Crippen molar-refractivity contribution in [1.82, 2.24) is 9.88 Å². The van der Waals surface area contributed by atoms with E-state index in [1.807, 2.05) is 13.0 Å². The van der Waals surface area contributed by atoms with Gasteiger partial charge >= 0.3 is 0 Å². The lowest BCUT2D eigenvalue weighted by molar-refractivity contribution is -0.383. The summed E-state index contributed by atoms with van der Waals surface area (Å²) in [6, 6.07) is 8.08. The molecule has 2 heterocycles. The summed E-state index contributed by atoms with van der Waals surface area (Å²) in [5.41, 5.74) is 2.50. The molecular formula is C19H24N4O2. The van der Waals surface area contributed by atoms with Gasteiger partial charge in [0.15, 0.2) is 5.52 Å². The van der Waals surface area contributed by atoms with Crippen LogP contribution in [0.5, 0.6) is 0 Å². The normalized spacial score (nSPS) is 19.6. The molecule has 25 heavy (non-hydrogen) atoms. The van der Waals surface area contributed by atoms with E-state index in [4.69, 9.17) is 0 Å². The van der Waals surface area contributed by atoms with E-state index in [0.29, 0.717) is 5.52 Å². The minimum absolute atomic E-state index is 0.0899. The van der Waals surface area contributed by atoms with Gasteiger partial charge in [0.25, 0.3) is 5.69 Å². The largest absolute Gasteiger partial charge is 0.368 e. The number of aryl methyl sites for hydroxylation is 1. The van der Waals surface area contributed by atoms with Crippen LogP contribution in [-0.4, -0.2) is 47.0 Å². The van der Waals surface area contributed by atoms with Gasteiger partial charge in [-0.2, -0.15) is 0 Å². The molecule has 0 N–H and O–H groups in total. The lowest BCUT2D eigenvalue weighted by Crippen LogP contribution is -2.49. The van der Waals surface area contributed by atoms with Crippen molar-refractivity contribution in [2.45, 2.75) is 38.6 Å². The monoisotopic (exact) mass is 340 g/mol. The van der Waals surface area contributed by atoms with Gasteiger partial charge < -0.3 is 4.90 Å². The van der Waals surface area contributed by atoms with Gasteiger partial charge in [0.1, 0.15) is 0 Å². The SMILES string of the molecule is Cc1cc(N2CCN(C3CCCC3)CC2)c2cccc([N+](=O)[O-])c2n1. The molecule has 2 aromatic rings. The van der Waals surface area contributed by atoms with Gasteiger partial charge in [0.2, 0.25) is 0 Å². The van der Waals surface area contributed by atoms with Crippen molar-refractivity contribution >= 4 is 22.3 Å². The van der Waals surface area contributed by atoms with E-state index in [9.17, 15) is 10.1 Å². The number of piperazine rings is 1. The molecule has 2 aliphatic rings. The van der Waals surface area contributed by atoms with Crippen LogP contribution in [0.4, 0.5) is 11.4 Å². The van der Waals surface area contributed by atoms with Crippen LogP contribution in [0.3, 0.4) is 0 Å². The third-order valence-corrected chi connectivity index (χ3v) is 5.62. The summed E-state index contributed by atoms with van der Waals surface area (Å²) in [6.45, 7) is 5.99. The number of benzene rings is 1. The van der Waals surface area contributed by atoms with E-state index < -0.39 is 0 Å². The van der Waals surface area contributed by atoms with Crippen molar-refractivity contribution in [1.29, 1.82) is 0 Å². The molecule has 1 aromatic heterocycles. The Balaban J connectivity index is 1.63. The van der Waals surface area contributed by atoms with Crippen molar-refractivity contribution in [3.63, 3.8) is 0 Å². The van der Waals surface area contributed by atoms with Gasteiger partial charge in [-0.25, -0.2) is 4.98 Å². The summed E-state index contributed by atoms with van der Waals surface area (Å²) in [4.78, 5) is 20.5. The number of nitro groups is 1. The number of fused-ring (bicyclic) bond motifs is 1. The van der Waals surface area contributed by atoms with E-state index in [1.165, 1.54) is 31.7 Å². The fraction of sp³-hybridized carbons (Fsp3) is 0.526. The van der Waals surface area contributed by atoms with Crippen molar-refractivity contribution in [2.24, 2.45) is 0 Å². The predicted molar refractivity (Wildman–Crippen MR) is 99.2 cm³/mol. The Bertz CT molecular complexity index is 793. The highest BCUT2D eigenvalue weighted by molar-refractivity contribution is 5.97. The van der Waals surface area contributed by atoms with Crippen LogP contribution in [0, 0.1) is 17.0 Å². The Kier molecular flexibility index (Phi) is 4.29. The minimum Gasteiger partial charge on any atom is -0.368 e. The van der Waals surface area contributed by atoms with Gasteiger partial charge in [0, 0.05) is 55.1 Å². The Morgan fingerprint density at radius 2 is 1.88 bits per heavy atom. The van der Waals surface area contributed by atoms with E-state index >= 15 is 0 Å². The molecule has 2 fully saturated rings. The van der Waals surface area contributed by atoms with Crippen LogP contribution >= 0.6 is 0 Å². The summed E-state index contributed by atoms with van der Waals surface area (Å²) < 4.78 is 0. The average Bonchev–Trinajstić information content (AvgIpc) is 3.15. The number of rotatable bonds is 3. The van der Waals surface area contributed by atoms with Gasteiger partial charge in [-0.15, -0.1) is 0 Å². The first-order valence-corrected chi connectivity index (χ1v) is 9.17. The highest BCUT2D eigenvalue weighted by atomic mass is 16.6. The van der Waals surface area contributed by atoms with Gasteiger partial charge in [-0.1, -0.05) is 25.0 Å². The van der Waals surface area contributed by atoms with Crippen LogP contribution in [0.1, 0.15) is 31.4 Å². The third kappa shape index (κ3) is 3.06. The van der Waals surface area contributed by atoms with Crippen molar-refractivity contribution in [3.8, 4) is 0 Å². The first kappa shape index (κ1) is 16.3. The smallest absolute Gasteiger partial charge is 0.295 e. The predicted octanol–water partition coefficient (Wildman–Crippen LogP) is 3.52. The van der Waals surface area contributed by atoms with E-state index in [2.05, 4.69) is 20.9 Å². The minimum atomic E-state index is -0.337. The molecule has 132 valence electrons. The van der Waals surface area contributed by atoms with Crippen molar-refractivity contribution in [3.05, 3.63) is 40.1 Å². The molecule has 1 aromatic carbocycles. The molecule has 4 rings (SSSR count). The maximum atomic E-state index is 11.3. The zero-order valence-corrected chi connectivity index (χ0v) is 14.6. The summed E-state index contributed by atoms with van der Waals surface area (Å²) in [6.07, 6.45) is 5.40. The van der Waals surface area contributed by atoms with Crippen molar-refractivity contribution in [2.75, 3.05) is 31.1 Å². The molecule has 1 aliphatic heterocycles. The Labute approximate surface area is 147 Å². The maximum absolute atomic E-state index is 11.3. The highest BCUT2D eigenvalue weighted by Crippen LogP contribution is 2.33. The van der Waals surface area contributed by atoms with Crippen molar-refractivity contribution < 1.29 is 4.92 Å². The van der Waals surface area contributed by atoms with E-state index in [-0.39, 0.29) is 10.6 Å².